The van der Waals surface area contributed by atoms with Crippen LogP contribution in [0.15, 0.2) is 54.6 Å². The van der Waals surface area contributed by atoms with Crippen molar-refractivity contribution in [3.63, 3.8) is 0 Å². The van der Waals surface area contributed by atoms with Crippen LogP contribution in [-0.4, -0.2) is 19.5 Å². The predicted octanol–water partition coefficient (Wildman–Crippen LogP) is 5.44. The summed E-state index contributed by atoms with van der Waals surface area (Å²) in [5, 5.41) is 2.35. The second-order valence-corrected chi connectivity index (χ2v) is 6.59. The van der Waals surface area contributed by atoms with Crippen molar-refractivity contribution >= 4 is 22.6 Å². The van der Waals surface area contributed by atoms with E-state index in [-0.39, 0.29) is 17.3 Å². The van der Waals surface area contributed by atoms with Crippen LogP contribution in [0.1, 0.15) is 27.0 Å². The Hall–Kier alpha value is -3.21. The van der Waals surface area contributed by atoms with Gasteiger partial charge in [-0.25, -0.2) is 0 Å². The Labute approximate surface area is 161 Å². The zero-order valence-corrected chi connectivity index (χ0v) is 15.2. The summed E-state index contributed by atoms with van der Waals surface area (Å²) in [6.45, 7) is -2.93. The Morgan fingerprint density at radius 3 is 2.71 bits per heavy atom. The van der Waals surface area contributed by atoms with Crippen LogP contribution in [-0.2, 0) is 12.8 Å². The molecule has 0 bridgehead atoms. The summed E-state index contributed by atoms with van der Waals surface area (Å²) in [5.41, 5.74) is 3.74. The van der Waals surface area contributed by atoms with Gasteiger partial charge in [-0.1, -0.05) is 42.5 Å². The SMILES string of the molecule is COc1cc(/C=C/C(=O)c2ccc3cccc4c3c2CC4)ccc1OC(F)F. The minimum atomic E-state index is -2.93. The topological polar surface area (TPSA) is 35.5 Å². The number of ketones is 1. The first-order valence-electron chi connectivity index (χ1n) is 8.95. The molecule has 3 aromatic carbocycles. The number of methoxy groups -OCH3 is 1. The monoisotopic (exact) mass is 380 g/mol. The van der Waals surface area contributed by atoms with Crippen LogP contribution in [0, 0.1) is 0 Å². The van der Waals surface area contributed by atoms with Gasteiger partial charge in [-0.15, -0.1) is 0 Å². The summed E-state index contributed by atoms with van der Waals surface area (Å²) in [5.74, 6) is 0.0561. The summed E-state index contributed by atoms with van der Waals surface area (Å²) in [7, 11) is 1.38. The van der Waals surface area contributed by atoms with Crippen molar-refractivity contribution in [2.24, 2.45) is 0 Å². The van der Waals surface area contributed by atoms with Gasteiger partial charge in [0, 0.05) is 5.56 Å². The van der Waals surface area contributed by atoms with E-state index in [0.717, 1.165) is 23.8 Å². The number of ether oxygens (including phenoxy) is 2. The molecule has 1 aliphatic carbocycles. The summed E-state index contributed by atoms with van der Waals surface area (Å²) in [6, 6.07) is 14.6. The molecule has 0 amide bonds. The maximum Gasteiger partial charge on any atom is 0.387 e. The molecule has 0 atom stereocenters. The standard InChI is InChI=1S/C23H18F2O3/c1-27-21-13-14(6-12-20(21)28-23(24)25)5-11-19(26)17-9-7-15-3-2-4-16-8-10-18(17)22(15)16/h2-7,9,11-13,23H,8,10H2,1H3/b11-5+. The van der Waals surface area contributed by atoms with E-state index < -0.39 is 6.61 Å². The molecule has 0 saturated carbocycles. The Morgan fingerprint density at radius 2 is 1.93 bits per heavy atom. The van der Waals surface area contributed by atoms with E-state index in [0.29, 0.717) is 11.1 Å². The van der Waals surface area contributed by atoms with E-state index in [4.69, 9.17) is 4.74 Å². The van der Waals surface area contributed by atoms with Crippen molar-refractivity contribution in [3.05, 3.63) is 76.9 Å². The van der Waals surface area contributed by atoms with Gasteiger partial charge in [-0.05, 0) is 58.5 Å². The maximum atomic E-state index is 12.8. The molecular formula is C23H18F2O3. The Bertz CT molecular complexity index is 1090. The number of aryl methyl sites for hydroxylation is 2. The van der Waals surface area contributed by atoms with Gasteiger partial charge >= 0.3 is 6.61 Å². The summed E-state index contributed by atoms with van der Waals surface area (Å²) in [4.78, 5) is 12.8. The van der Waals surface area contributed by atoms with Crippen LogP contribution >= 0.6 is 0 Å². The van der Waals surface area contributed by atoms with E-state index in [2.05, 4.69) is 16.9 Å². The lowest BCUT2D eigenvalue weighted by atomic mass is 9.97. The van der Waals surface area contributed by atoms with Crippen LogP contribution < -0.4 is 9.47 Å². The fourth-order valence-corrected chi connectivity index (χ4v) is 3.74. The molecule has 0 unspecified atom stereocenters. The molecule has 0 saturated heterocycles. The number of hydrogen-bond donors (Lipinski definition) is 0. The fraction of sp³-hybridized carbons (Fsp3) is 0.174. The van der Waals surface area contributed by atoms with E-state index in [1.165, 1.54) is 30.2 Å². The van der Waals surface area contributed by atoms with Crippen molar-refractivity contribution in [2.45, 2.75) is 19.5 Å². The van der Waals surface area contributed by atoms with Gasteiger partial charge in [0.2, 0.25) is 0 Å². The first kappa shape index (κ1) is 18.2. The van der Waals surface area contributed by atoms with Crippen LogP contribution in [0.2, 0.25) is 0 Å². The molecule has 3 aromatic rings. The average molecular weight is 380 g/mol. The largest absolute Gasteiger partial charge is 0.493 e. The Morgan fingerprint density at radius 1 is 1.07 bits per heavy atom. The van der Waals surface area contributed by atoms with Crippen molar-refractivity contribution in [2.75, 3.05) is 7.11 Å². The summed E-state index contributed by atoms with van der Waals surface area (Å²) >= 11 is 0. The third kappa shape index (κ3) is 3.36. The molecule has 1 aliphatic rings. The van der Waals surface area contributed by atoms with Crippen LogP contribution in [0.3, 0.4) is 0 Å². The van der Waals surface area contributed by atoms with E-state index in [1.54, 1.807) is 18.2 Å². The highest BCUT2D eigenvalue weighted by Gasteiger charge is 2.19. The lowest BCUT2D eigenvalue weighted by Crippen LogP contribution is -2.03. The summed E-state index contributed by atoms with van der Waals surface area (Å²) in [6.07, 6.45) is 4.96. The number of allylic oxidation sites excluding steroid dienone is 1. The minimum Gasteiger partial charge on any atom is -0.493 e. The van der Waals surface area contributed by atoms with Gasteiger partial charge in [0.1, 0.15) is 0 Å². The number of carbonyl (C=O) groups is 1. The molecule has 0 N–H and O–H groups in total. The van der Waals surface area contributed by atoms with Crippen molar-refractivity contribution in [3.8, 4) is 11.5 Å². The predicted molar refractivity (Wildman–Crippen MR) is 104 cm³/mol. The first-order valence-corrected chi connectivity index (χ1v) is 8.95. The van der Waals surface area contributed by atoms with E-state index >= 15 is 0 Å². The molecule has 142 valence electrons. The minimum absolute atomic E-state index is 0.0452. The number of benzene rings is 3. The third-order valence-corrected chi connectivity index (χ3v) is 4.98. The highest BCUT2D eigenvalue weighted by Crippen LogP contribution is 2.34. The van der Waals surface area contributed by atoms with Gasteiger partial charge in [-0.3, -0.25) is 4.79 Å². The van der Waals surface area contributed by atoms with Crippen LogP contribution in [0.4, 0.5) is 8.78 Å². The smallest absolute Gasteiger partial charge is 0.387 e. The number of carbonyl (C=O) groups excluding carboxylic acids is 1. The molecule has 0 spiro atoms. The lowest BCUT2D eigenvalue weighted by Gasteiger charge is -2.10. The van der Waals surface area contributed by atoms with Gasteiger partial charge in [0.25, 0.3) is 0 Å². The zero-order valence-electron chi connectivity index (χ0n) is 15.2. The van der Waals surface area contributed by atoms with Gasteiger partial charge in [0.05, 0.1) is 7.11 Å². The molecule has 0 aliphatic heterocycles. The Kier molecular flexibility index (Phi) is 4.82. The lowest BCUT2D eigenvalue weighted by molar-refractivity contribution is -0.0512. The number of rotatable bonds is 6. The molecular weight excluding hydrogens is 362 g/mol. The molecule has 0 aromatic heterocycles. The number of hydrogen-bond acceptors (Lipinski definition) is 3. The zero-order chi connectivity index (χ0) is 19.7. The first-order chi connectivity index (χ1) is 13.6. The van der Waals surface area contributed by atoms with Crippen molar-refractivity contribution < 1.29 is 23.0 Å². The molecule has 3 nitrogen and oxygen atoms in total. The molecule has 0 fully saturated rings. The van der Waals surface area contributed by atoms with Crippen LogP contribution in [0.5, 0.6) is 11.5 Å². The molecule has 5 heteroatoms. The second kappa shape index (κ2) is 7.43. The fourth-order valence-electron chi connectivity index (χ4n) is 3.74. The van der Waals surface area contributed by atoms with Gasteiger partial charge < -0.3 is 9.47 Å². The second-order valence-electron chi connectivity index (χ2n) is 6.59. The van der Waals surface area contributed by atoms with Crippen molar-refractivity contribution in [1.82, 2.24) is 0 Å². The van der Waals surface area contributed by atoms with Crippen LogP contribution in [0.25, 0.3) is 16.8 Å². The molecule has 4 rings (SSSR count). The van der Waals surface area contributed by atoms with Crippen molar-refractivity contribution in [1.29, 1.82) is 0 Å². The maximum absolute atomic E-state index is 12.8. The quantitative estimate of drug-likeness (QED) is 0.422. The summed E-state index contributed by atoms with van der Waals surface area (Å²) < 4.78 is 34.4. The molecule has 28 heavy (non-hydrogen) atoms. The molecule has 0 radical (unpaired) electrons. The van der Waals surface area contributed by atoms with E-state index in [9.17, 15) is 13.6 Å². The number of halogens is 2. The van der Waals surface area contributed by atoms with E-state index in [1.807, 2.05) is 18.2 Å². The number of alkyl halides is 2. The highest BCUT2D eigenvalue weighted by molar-refractivity contribution is 6.11. The average Bonchev–Trinajstić information content (AvgIpc) is 3.13. The normalized spacial score (nSPS) is 12.9. The highest BCUT2D eigenvalue weighted by atomic mass is 19.3. The van der Waals surface area contributed by atoms with Gasteiger partial charge in [0.15, 0.2) is 17.3 Å². The molecule has 0 heterocycles. The Balaban J connectivity index is 1.61. The van der Waals surface area contributed by atoms with Gasteiger partial charge in [-0.2, -0.15) is 8.78 Å². The third-order valence-electron chi connectivity index (χ3n) is 4.98.